The highest BCUT2D eigenvalue weighted by molar-refractivity contribution is 7.13. The van der Waals surface area contributed by atoms with E-state index >= 15 is 0 Å². The Morgan fingerprint density at radius 2 is 2.25 bits per heavy atom. The van der Waals surface area contributed by atoms with Gasteiger partial charge in [-0.15, -0.1) is 11.3 Å². The molecule has 0 unspecified atom stereocenters. The lowest BCUT2D eigenvalue weighted by molar-refractivity contribution is -0.00294. The maximum atomic E-state index is 12.1. The summed E-state index contributed by atoms with van der Waals surface area (Å²) in [6.07, 6.45) is 10.1. The van der Waals surface area contributed by atoms with E-state index in [-0.39, 0.29) is 5.91 Å². The van der Waals surface area contributed by atoms with E-state index in [1.54, 1.807) is 24.0 Å². The second-order valence-corrected chi connectivity index (χ2v) is 6.91. The summed E-state index contributed by atoms with van der Waals surface area (Å²) < 4.78 is 5.91. The first kappa shape index (κ1) is 17.0. The van der Waals surface area contributed by atoms with Crippen molar-refractivity contribution in [2.45, 2.75) is 38.7 Å². The van der Waals surface area contributed by atoms with Crippen molar-refractivity contribution in [2.24, 2.45) is 5.92 Å². The molecule has 0 aliphatic heterocycles. The number of aromatic nitrogens is 3. The molecule has 3 rings (SSSR count). The first-order valence-corrected chi connectivity index (χ1v) is 9.23. The number of hydrogen-bond acceptors (Lipinski definition) is 6. The number of hydrogen-bond donors (Lipinski definition) is 1. The number of carbonyl (C=O) groups excluding carboxylic acids is 1. The van der Waals surface area contributed by atoms with Crippen LogP contribution in [0.2, 0.25) is 0 Å². The van der Waals surface area contributed by atoms with Gasteiger partial charge >= 0.3 is 0 Å². The van der Waals surface area contributed by atoms with Crippen LogP contribution in [0.5, 0.6) is 0 Å². The molecule has 1 saturated carbocycles. The molecule has 2 heterocycles. The first-order valence-electron chi connectivity index (χ1n) is 8.36. The van der Waals surface area contributed by atoms with Gasteiger partial charge in [-0.25, -0.2) is 4.98 Å². The Morgan fingerprint density at radius 1 is 1.38 bits per heavy atom. The molecule has 0 saturated heterocycles. The zero-order chi connectivity index (χ0) is 16.8. The fraction of sp³-hybridized carbons (Fsp3) is 0.529. The maximum absolute atomic E-state index is 12.1. The summed E-state index contributed by atoms with van der Waals surface area (Å²) in [6, 6.07) is 0. The van der Waals surface area contributed by atoms with Crippen LogP contribution in [0.15, 0.2) is 24.0 Å². The molecule has 1 aliphatic rings. The van der Waals surface area contributed by atoms with Crippen LogP contribution < -0.4 is 5.32 Å². The van der Waals surface area contributed by atoms with Gasteiger partial charge in [0.25, 0.3) is 5.91 Å². The van der Waals surface area contributed by atoms with Crippen molar-refractivity contribution >= 4 is 17.2 Å². The van der Waals surface area contributed by atoms with E-state index in [0.29, 0.717) is 41.6 Å². The zero-order valence-corrected chi connectivity index (χ0v) is 14.6. The third-order valence-electron chi connectivity index (χ3n) is 4.27. The Hall–Kier alpha value is -1.86. The third kappa shape index (κ3) is 4.36. The summed E-state index contributed by atoms with van der Waals surface area (Å²) in [6.45, 7) is 3.29. The van der Waals surface area contributed by atoms with Gasteiger partial charge in [0.2, 0.25) is 0 Å². The number of nitrogens with zero attached hydrogens (tertiary/aromatic N) is 3. The van der Waals surface area contributed by atoms with Gasteiger partial charge in [0.15, 0.2) is 0 Å². The highest BCUT2D eigenvalue weighted by Gasteiger charge is 2.21. The standard InChI is InChI=1S/C17H22N4O2S/c1-12-4-2-3-5-15(12)23-9-8-20-16(22)14-11-24-17(21-14)13-10-18-6-7-19-13/h6-7,10-12,15H,2-5,8-9H2,1H3,(H,20,22)/t12-,15+/m1/s1. The normalized spacial score (nSPS) is 20.7. The molecule has 1 amide bonds. The van der Waals surface area contributed by atoms with E-state index in [0.717, 1.165) is 6.42 Å². The molecular weight excluding hydrogens is 324 g/mol. The van der Waals surface area contributed by atoms with Crippen LogP contribution in [0.3, 0.4) is 0 Å². The number of carbonyl (C=O) groups is 1. The third-order valence-corrected chi connectivity index (χ3v) is 5.14. The van der Waals surface area contributed by atoms with Gasteiger partial charge in [0.05, 0.1) is 18.9 Å². The molecule has 0 spiro atoms. The fourth-order valence-corrected chi connectivity index (χ4v) is 3.66. The Balaban J connectivity index is 1.45. The largest absolute Gasteiger partial charge is 0.376 e. The van der Waals surface area contributed by atoms with Crippen LogP contribution in [-0.2, 0) is 4.74 Å². The van der Waals surface area contributed by atoms with Crippen LogP contribution in [-0.4, -0.2) is 40.1 Å². The summed E-state index contributed by atoms with van der Waals surface area (Å²) in [4.78, 5) is 24.7. The second kappa shape index (κ2) is 8.30. The summed E-state index contributed by atoms with van der Waals surface area (Å²) in [7, 11) is 0. The Morgan fingerprint density at radius 3 is 3.04 bits per heavy atom. The van der Waals surface area contributed by atoms with Crippen molar-refractivity contribution in [3.05, 3.63) is 29.7 Å². The van der Waals surface area contributed by atoms with E-state index in [4.69, 9.17) is 4.74 Å². The van der Waals surface area contributed by atoms with Gasteiger partial charge in [-0.2, -0.15) is 0 Å². The SMILES string of the molecule is C[C@@H]1CCCC[C@@H]1OCCNC(=O)c1csc(-c2cnccn2)n1. The van der Waals surface area contributed by atoms with E-state index in [1.807, 2.05) is 0 Å². The van der Waals surface area contributed by atoms with Gasteiger partial charge in [0.1, 0.15) is 16.4 Å². The molecule has 6 nitrogen and oxygen atoms in total. The quantitative estimate of drug-likeness (QED) is 0.814. The average Bonchev–Trinajstić information content (AvgIpc) is 3.11. The minimum atomic E-state index is -0.179. The number of rotatable bonds is 6. The van der Waals surface area contributed by atoms with Crippen molar-refractivity contribution in [1.82, 2.24) is 20.3 Å². The predicted molar refractivity (Wildman–Crippen MR) is 92.8 cm³/mol. The van der Waals surface area contributed by atoms with Gasteiger partial charge in [-0.3, -0.25) is 14.8 Å². The summed E-state index contributed by atoms with van der Waals surface area (Å²) >= 11 is 1.39. The van der Waals surface area contributed by atoms with E-state index in [9.17, 15) is 4.79 Å². The van der Waals surface area contributed by atoms with Crippen LogP contribution in [0.1, 0.15) is 43.1 Å². The molecule has 0 aromatic carbocycles. The molecule has 0 radical (unpaired) electrons. The lowest BCUT2D eigenvalue weighted by atomic mass is 9.88. The number of amides is 1. The molecule has 7 heteroatoms. The molecule has 1 aliphatic carbocycles. The van der Waals surface area contributed by atoms with Gasteiger partial charge in [-0.05, 0) is 18.8 Å². The number of nitrogens with one attached hydrogen (secondary N) is 1. The molecule has 2 aromatic heterocycles. The van der Waals surface area contributed by atoms with Crippen LogP contribution in [0.25, 0.3) is 10.7 Å². The molecule has 128 valence electrons. The highest BCUT2D eigenvalue weighted by atomic mass is 32.1. The Labute approximate surface area is 145 Å². The van der Waals surface area contributed by atoms with Gasteiger partial charge in [-0.1, -0.05) is 19.8 Å². The van der Waals surface area contributed by atoms with Crippen LogP contribution >= 0.6 is 11.3 Å². The van der Waals surface area contributed by atoms with E-state index in [2.05, 4.69) is 27.2 Å². The van der Waals surface area contributed by atoms with Crippen molar-refractivity contribution in [2.75, 3.05) is 13.2 Å². The molecular formula is C17H22N4O2S. The smallest absolute Gasteiger partial charge is 0.270 e. The topological polar surface area (TPSA) is 77.0 Å². The zero-order valence-electron chi connectivity index (χ0n) is 13.8. The molecule has 1 fully saturated rings. The van der Waals surface area contributed by atoms with Crippen molar-refractivity contribution in [3.63, 3.8) is 0 Å². The van der Waals surface area contributed by atoms with Crippen molar-refractivity contribution in [3.8, 4) is 10.7 Å². The predicted octanol–water partition coefficient (Wildman–Crippen LogP) is 2.93. The molecule has 0 bridgehead atoms. The molecule has 1 N–H and O–H groups in total. The lowest BCUT2D eigenvalue weighted by Gasteiger charge is -2.28. The Bertz CT molecular complexity index is 662. The first-order chi connectivity index (χ1) is 11.7. The van der Waals surface area contributed by atoms with E-state index in [1.165, 1.54) is 30.6 Å². The van der Waals surface area contributed by atoms with Crippen molar-refractivity contribution < 1.29 is 9.53 Å². The second-order valence-electron chi connectivity index (χ2n) is 6.06. The minimum absolute atomic E-state index is 0.179. The van der Waals surface area contributed by atoms with Crippen molar-refractivity contribution in [1.29, 1.82) is 0 Å². The maximum Gasteiger partial charge on any atom is 0.270 e. The van der Waals surface area contributed by atoms with Gasteiger partial charge < -0.3 is 10.1 Å². The minimum Gasteiger partial charge on any atom is -0.376 e. The molecule has 2 atom stereocenters. The Kier molecular flexibility index (Phi) is 5.87. The monoisotopic (exact) mass is 346 g/mol. The summed E-state index contributed by atoms with van der Waals surface area (Å²) in [5.74, 6) is 0.434. The lowest BCUT2D eigenvalue weighted by Crippen LogP contribution is -2.31. The average molecular weight is 346 g/mol. The van der Waals surface area contributed by atoms with Crippen LogP contribution in [0, 0.1) is 5.92 Å². The molecule has 2 aromatic rings. The number of thiazole rings is 1. The van der Waals surface area contributed by atoms with Crippen LogP contribution in [0.4, 0.5) is 0 Å². The summed E-state index contributed by atoms with van der Waals surface area (Å²) in [5.41, 5.74) is 1.09. The fourth-order valence-electron chi connectivity index (χ4n) is 2.90. The number of ether oxygens (including phenoxy) is 1. The summed E-state index contributed by atoms with van der Waals surface area (Å²) in [5, 5.41) is 5.30. The highest BCUT2D eigenvalue weighted by Crippen LogP contribution is 2.26. The molecule has 24 heavy (non-hydrogen) atoms. The van der Waals surface area contributed by atoms with Gasteiger partial charge in [0, 0.05) is 24.3 Å². The van der Waals surface area contributed by atoms with E-state index < -0.39 is 0 Å².